The fourth-order valence-electron chi connectivity index (χ4n) is 4.13. The molecule has 1 unspecified atom stereocenters. The number of piperidine rings is 2. The van der Waals surface area contributed by atoms with Crippen molar-refractivity contribution >= 4 is 11.8 Å². The molecule has 1 spiro atoms. The van der Waals surface area contributed by atoms with E-state index in [1.807, 2.05) is 47.1 Å². The third-order valence-corrected chi connectivity index (χ3v) is 5.85. The van der Waals surface area contributed by atoms with E-state index in [1.165, 1.54) is 0 Å². The molecule has 2 aliphatic rings. The molecule has 1 aromatic carbocycles. The summed E-state index contributed by atoms with van der Waals surface area (Å²) in [4.78, 5) is 28.7. The van der Waals surface area contributed by atoms with E-state index in [9.17, 15) is 9.59 Å². The maximum Gasteiger partial charge on any atom is 0.263 e. The number of rotatable bonds is 6. The summed E-state index contributed by atoms with van der Waals surface area (Å²) in [5.74, 6) is 0.976. The van der Waals surface area contributed by atoms with Crippen LogP contribution in [0.2, 0.25) is 0 Å². The Hall–Kier alpha value is -2.08. The van der Waals surface area contributed by atoms with Crippen LogP contribution in [0, 0.1) is 5.41 Å². The van der Waals surface area contributed by atoms with Crippen LogP contribution in [0.3, 0.4) is 0 Å². The van der Waals surface area contributed by atoms with Crippen molar-refractivity contribution in [2.45, 2.75) is 38.7 Å². The predicted molar refractivity (Wildman–Crippen MR) is 102 cm³/mol. The number of hydrogen-bond acceptors (Lipinski definition) is 4. The molecule has 0 bridgehead atoms. The lowest BCUT2D eigenvalue weighted by Crippen LogP contribution is -2.54. The third kappa shape index (κ3) is 4.80. The molecule has 148 valence electrons. The minimum absolute atomic E-state index is 0.0387. The maximum absolute atomic E-state index is 12.8. The van der Waals surface area contributed by atoms with Gasteiger partial charge in [-0.2, -0.15) is 0 Å². The second-order valence-electron chi connectivity index (χ2n) is 7.71. The molecule has 6 heteroatoms. The van der Waals surface area contributed by atoms with E-state index in [4.69, 9.17) is 9.47 Å². The van der Waals surface area contributed by atoms with Crippen molar-refractivity contribution in [2.75, 3.05) is 39.9 Å². The van der Waals surface area contributed by atoms with Gasteiger partial charge in [0.15, 0.2) is 6.10 Å². The number of methoxy groups -OCH3 is 1. The highest BCUT2D eigenvalue weighted by molar-refractivity contribution is 5.81. The van der Waals surface area contributed by atoms with Gasteiger partial charge in [-0.25, -0.2) is 0 Å². The first kappa shape index (κ1) is 19.7. The molecule has 2 saturated heterocycles. The molecule has 2 amide bonds. The lowest BCUT2D eigenvalue weighted by atomic mass is 9.72. The minimum Gasteiger partial charge on any atom is -0.481 e. The van der Waals surface area contributed by atoms with Crippen molar-refractivity contribution in [3.63, 3.8) is 0 Å². The van der Waals surface area contributed by atoms with E-state index in [-0.39, 0.29) is 17.2 Å². The smallest absolute Gasteiger partial charge is 0.263 e. The first-order valence-corrected chi connectivity index (χ1v) is 9.80. The Morgan fingerprint density at radius 3 is 2.56 bits per heavy atom. The number of benzene rings is 1. The fourth-order valence-corrected chi connectivity index (χ4v) is 4.13. The molecule has 0 radical (unpaired) electrons. The van der Waals surface area contributed by atoms with E-state index in [2.05, 4.69) is 0 Å². The van der Waals surface area contributed by atoms with Gasteiger partial charge in [-0.1, -0.05) is 18.2 Å². The second-order valence-corrected chi connectivity index (χ2v) is 7.71. The number of ether oxygens (including phenoxy) is 2. The molecule has 2 aliphatic heterocycles. The summed E-state index contributed by atoms with van der Waals surface area (Å²) in [6.45, 7) is 5.28. The van der Waals surface area contributed by atoms with Gasteiger partial charge in [-0.3, -0.25) is 9.59 Å². The molecule has 2 fully saturated rings. The summed E-state index contributed by atoms with van der Waals surface area (Å²) in [5.41, 5.74) is 0.141. The Morgan fingerprint density at radius 1 is 1.19 bits per heavy atom. The zero-order valence-electron chi connectivity index (χ0n) is 16.4. The molecule has 0 N–H and O–H groups in total. The molecule has 6 nitrogen and oxygen atoms in total. The lowest BCUT2D eigenvalue weighted by molar-refractivity contribution is -0.145. The van der Waals surface area contributed by atoms with Crippen LogP contribution in [0.15, 0.2) is 30.3 Å². The minimum atomic E-state index is -0.493. The summed E-state index contributed by atoms with van der Waals surface area (Å²) in [5, 5.41) is 0. The first-order chi connectivity index (χ1) is 13.0. The number of carbonyl (C=O) groups excluding carboxylic acids is 2. The lowest BCUT2D eigenvalue weighted by Gasteiger charge is -2.47. The van der Waals surface area contributed by atoms with Crippen LogP contribution in [0.25, 0.3) is 0 Å². The van der Waals surface area contributed by atoms with Gasteiger partial charge in [-0.05, 0) is 43.7 Å². The van der Waals surface area contributed by atoms with Crippen molar-refractivity contribution < 1.29 is 19.1 Å². The zero-order chi connectivity index (χ0) is 19.3. The van der Waals surface area contributed by atoms with Gasteiger partial charge in [0, 0.05) is 39.7 Å². The third-order valence-electron chi connectivity index (χ3n) is 5.85. The molecule has 1 atom stereocenters. The van der Waals surface area contributed by atoms with E-state index < -0.39 is 6.10 Å². The van der Waals surface area contributed by atoms with Crippen LogP contribution in [0.1, 0.15) is 32.6 Å². The Morgan fingerprint density at radius 2 is 1.89 bits per heavy atom. The second kappa shape index (κ2) is 8.74. The van der Waals surface area contributed by atoms with Crippen LogP contribution in [-0.2, 0) is 14.3 Å². The molecular formula is C21H30N2O4. The number of hydrogen-bond donors (Lipinski definition) is 0. The van der Waals surface area contributed by atoms with Gasteiger partial charge < -0.3 is 19.3 Å². The van der Waals surface area contributed by atoms with Gasteiger partial charge >= 0.3 is 0 Å². The van der Waals surface area contributed by atoms with Crippen molar-refractivity contribution in [3.8, 4) is 5.75 Å². The standard InChI is InChI=1S/C21H30N2O4/c1-17(27-18-6-4-3-5-7-18)20(25)22-12-10-21(11-13-22)9-8-19(24)23(16-21)14-15-26-2/h3-7,17H,8-16H2,1-2H3. The van der Waals surface area contributed by atoms with E-state index in [1.54, 1.807) is 7.11 Å². The van der Waals surface area contributed by atoms with Gasteiger partial charge in [0.25, 0.3) is 5.91 Å². The average Bonchev–Trinajstić information content (AvgIpc) is 2.70. The first-order valence-electron chi connectivity index (χ1n) is 9.80. The Kier molecular flexibility index (Phi) is 6.37. The largest absolute Gasteiger partial charge is 0.481 e. The number of para-hydroxylation sites is 1. The molecule has 0 aromatic heterocycles. The quantitative estimate of drug-likeness (QED) is 0.767. The highest BCUT2D eigenvalue weighted by atomic mass is 16.5. The zero-order valence-corrected chi connectivity index (χ0v) is 16.4. The van der Waals surface area contributed by atoms with Crippen molar-refractivity contribution in [1.82, 2.24) is 9.80 Å². The predicted octanol–water partition coefficient (Wildman–Crippen LogP) is 2.33. The Labute approximate surface area is 161 Å². The maximum atomic E-state index is 12.8. The summed E-state index contributed by atoms with van der Waals surface area (Å²) in [7, 11) is 1.66. The summed E-state index contributed by atoms with van der Waals surface area (Å²) < 4.78 is 10.9. The molecule has 0 saturated carbocycles. The number of carbonyl (C=O) groups is 2. The van der Waals surface area contributed by atoms with E-state index >= 15 is 0 Å². The molecular weight excluding hydrogens is 344 g/mol. The van der Waals surface area contributed by atoms with Gasteiger partial charge in [-0.15, -0.1) is 0 Å². The molecule has 27 heavy (non-hydrogen) atoms. The number of nitrogens with zero attached hydrogens (tertiary/aromatic N) is 2. The van der Waals surface area contributed by atoms with Crippen LogP contribution in [-0.4, -0.2) is 67.6 Å². The highest BCUT2D eigenvalue weighted by Crippen LogP contribution is 2.40. The normalized spacial score (nSPS) is 20.6. The number of likely N-dealkylation sites (tertiary alicyclic amines) is 2. The van der Waals surface area contributed by atoms with Crippen molar-refractivity contribution in [1.29, 1.82) is 0 Å². The Bertz CT molecular complexity index is 641. The van der Waals surface area contributed by atoms with Crippen LogP contribution >= 0.6 is 0 Å². The SMILES string of the molecule is COCCN1CC2(CCC1=O)CCN(C(=O)C(C)Oc1ccccc1)CC2. The summed E-state index contributed by atoms with van der Waals surface area (Å²) >= 11 is 0. The van der Waals surface area contributed by atoms with E-state index in [0.717, 1.165) is 38.9 Å². The van der Waals surface area contributed by atoms with Gasteiger partial charge in [0.2, 0.25) is 5.91 Å². The Balaban J connectivity index is 1.53. The molecule has 0 aliphatic carbocycles. The monoisotopic (exact) mass is 374 g/mol. The van der Waals surface area contributed by atoms with Crippen LogP contribution < -0.4 is 4.74 Å². The van der Waals surface area contributed by atoms with Crippen molar-refractivity contribution in [2.24, 2.45) is 5.41 Å². The average molecular weight is 374 g/mol. The summed E-state index contributed by atoms with van der Waals surface area (Å²) in [6, 6.07) is 9.45. The topological polar surface area (TPSA) is 59.1 Å². The van der Waals surface area contributed by atoms with Crippen LogP contribution in [0.4, 0.5) is 0 Å². The highest BCUT2D eigenvalue weighted by Gasteiger charge is 2.42. The fraction of sp³-hybridized carbons (Fsp3) is 0.619. The van der Waals surface area contributed by atoms with E-state index in [0.29, 0.717) is 25.3 Å². The molecule has 1 aromatic rings. The van der Waals surface area contributed by atoms with Crippen molar-refractivity contribution in [3.05, 3.63) is 30.3 Å². The molecule has 3 rings (SSSR count). The van der Waals surface area contributed by atoms with Gasteiger partial charge in [0.05, 0.1) is 6.61 Å². The molecule has 2 heterocycles. The van der Waals surface area contributed by atoms with Crippen LogP contribution in [0.5, 0.6) is 5.75 Å². The number of amides is 2. The van der Waals surface area contributed by atoms with Gasteiger partial charge in [0.1, 0.15) is 5.75 Å². The summed E-state index contributed by atoms with van der Waals surface area (Å²) in [6.07, 6.45) is 2.91.